The van der Waals surface area contributed by atoms with E-state index >= 15 is 0 Å². The summed E-state index contributed by atoms with van der Waals surface area (Å²) in [6, 6.07) is 4.78. The van der Waals surface area contributed by atoms with Gasteiger partial charge in [0.25, 0.3) is 5.91 Å². The average molecular weight is 348 g/mol. The molecule has 5 nitrogen and oxygen atoms in total. The molecule has 0 spiro atoms. The second-order valence-corrected chi connectivity index (χ2v) is 5.38. The first-order valence-corrected chi connectivity index (χ1v) is 7.74. The number of ether oxygens (including phenoxy) is 2. The van der Waals surface area contributed by atoms with E-state index in [4.69, 9.17) is 32.7 Å². The highest BCUT2D eigenvalue weighted by molar-refractivity contribution is 6.35. The molecule has 0 fully saturated rings. The van der Waals surface area contributed by atoms with Gasteiger partial charge in [-0.1, -0.05) is 23.2 Å². The van der Waals surface area contributed by atoms with E-state index in [1.807, 2.05) is 0 Å². The number of hydrogen-bond acceptors (Lipinski definition) is 4. The van der Waals surface area contributed by atoms with Gasteiger partial charge in [0, 0.05) is 18.0 Å². The molecule has 0 aliphatic heterocycles. The van der Waals surface area contributed by atoms with E-state index in [1.54, 1.807) is 32.0 Å². The predicted molar refractivity (Wildman–Crippen MR) is 85.4 cm³/mol. The molecule has 0 aliphatic rings. The van der Waals surface area contributed by atoms with Gasteiger partial charge >= 0.3 is 5.97 Å². The monoisotopic (exact) mass is 347 g/mol. The summed E-state index contributed by atoms with van der Waals surface area (Å²) in [6.45, 7) is 4.10. The van der Waals surface area contributed by atoms with Gasteiger partial charge in [-0.25, -0.2) is 0 Å². The predicted octanol–water partition coefficient (Wildman–Crippen LogP) is 3.22. The van der Waals surface area contributed by atoms with Gasteiger partial charge in [-0.3, -0.25) is 9.59 Å². The third kappa shape index (κ3) is 6.54. The van der Waals surface area contributed by atoms with Crippen molar-refractivity contribution in [1.82, 2.24) is 5.32 Å². The molecule has 0 bridgehead atoms. The van der Waals surface area contributed by atoms with E-state index in [0.717, 1.165) is 0 Å². The molecule has 1 aromatic carbocycles. The maximum Gasteiger partial charge on any atom is 0.305 e. The minimum absolute atomic E-state index is 0.269. The van der Waals surface area contributed by atoms with Gasteiger partial charge in [0.2, 0.25) is 0 Å². The molecule has 22 heavy (non-hydrogen) atoms. The number of nitrogens with one attached hydrogen (secondary N) is 1. The van der Waals surface area contributed by atoms with Crippen LogP contribution in [0.2, 0.25) is 10.0 Å². The van der Waals surface area contributed by atoms with Crippen molar-refractivity contribution in [1.29, 1.82) is 0 Å². The average Bonchev–Trinajstić information content (AvgIpc) is 2.46. The van der Waals surface area contributed by atoms with E-state index in [9.17, 15) is 9.59 Å². The molecule has 0 aliphatic carbocycles. The summed E-state index contributed by atoms with van der Waals surface area (Å²) < 4.78 is 10.3. The Kier molecular flexibility index (Phi) is 8.06. The maximum atomic E-state index is 11.9. The van der Waals surface area contributed by atoms with E-state index in [-0.39, 0.29) is 18.3 Å². The zero-order chi connectivity index (χ0) is 16.5. The Labute approximate surface area is 139 Å². The largest absolute Gasteiger partial charge is 0.479 e. The number of amides is 1. The zero-order valence-electron chi connectivity index (χ0n) is 12.5. The Bertz CT molecular complexity index is 522. The van der Waals surface area contributed by atoms with Crippen LogP contribution in [0.1, 0.15) is 26.7 Å². The first-order chi connectivity index (χ1) is 10.4. The molecule has 1 rings (SSSR count). The van der Waals surface area contributed by atoms with Gasteiger partial charge in [0.15, 0.2) is 6.10 Å². The number of carbonyl (C=O) groups excluding carboxylic acids is 2. The van der Waals surface area contributed by atoms with Crippen LogP contribution in [0.5, 0.6) is 5.75 Å². The number of hydrogen-bond donors (Lipinski definition) is 1. The van der Waals surface area contributed by atoms with Gasteiger partial charge in [-0.05, 0) is 38.5 Å². The standard InChI is InChI=1S/C15H19Cl2NO4/c1-3-21-14(19)5-4-8-18-15(20)10(2)22-13-7-6-11(16)9-12(13)17/h6-7,9-10H,3-5,8H2,1-2H3,(H,18,20). The lowest BCUT2D eigenvalue weighted by atomic mass is 10.3. The van der Waals surface area contributed by atoms with Crippen LogP contribution in [-0.4, -0.2) is 31.1 Å². The fraction of sp³-hybridized carbons (Fsp3) is 0.467. The topological polar surface area (TPSA) is 64.6 Å². The number of halogens is 2. The Morgan fingerprint density at radius 2 is 2.05 bits per heavy atom. The second kappa shape index (κ2) is 9.54. The van der Waals surface area contributed by atoms with Crippen molar-refractivity contribution >= 4 is 35.1 Å². The lowest BCUT2D eigenvalue weighted by Crippen LogP contribution is -2.37. The van der Waals surface area contributed by atoms with Crippen LogP contribution in [0.15, 0.2) is 18.2 Å². The molecule has 1 N–H and O–H groups in total. The molecule has 0 aromatic heterocycles. The van der Waals surface area contributed by atoms with Crippen LogP contribution in [0.25, 0.3) is 0 Å². The lowest BCUT2D eigenvalue weighted by Gasteiger charge is -2.15. The highest BCUT2D eigenvalue weighted by atomic mass is 35.5. The quantitative estimate of drug-likeness (QED) is 0.579. The Morgan fingerprint density at radius 3 is 2.68 bits per heavy atom. The summed E-state index contributed by atoms with van der Waals surface area (Å²) in [7, 11) is 0. The maximum absolute atomic E-state index is 11.9. The Hall–Kier alpha value is -1.46. The van der Waals surface area contributed by atoms with E-state index < -0.39 is 6.10 Å². The number of rotatable bonds is 8. The summed E-state index contributed by atoms with van der Waals surface area (Å²) in [5.41, 5.74) is 0. The van der Waals surface area contributed by atoms with E-state index in [1.165, 1.54) is 0 Å². The molecular weight excluding hydrogens is 329 g/mol. The van der Waals surface area contributed by atoms with Crippen LogP contribution in [0, 0.1) is 0 Å². The Balaban J connectivity index is 2.34. The van der Waals surface area contributed by atoms with Crippen molar-refractivity contribution in [3.63, 3.8) is 0 Å². The van der Waals surface area contributed by atoms with Crippen LogP contribution in [-0.2, 0) is 14.3 Å². The third-order valence-electron chi connectivity index (χ3n) is 2.73. The van der Waals surface area contributed by atoms with Crippen LogP contribution < -0.4 is 10.1 Å². The van der Waals surface area contributed by atoms with Crippen LogP contribution >= 0.6 is 23.2 Å². The van der Waals surface area contributed by atoms with Gasteiger partial charge in [-0.15, -0.1) is 0 Å². The summed E-state index contributed by atoms with van der Waals surface area (Å²) in [6.07, 6.45) is 0.0759. The molecule has 0 saturated carbocycles. The lowest BCUT2D eigenvalue weighted by molar-refractivity contribution is -0.143. The molecule has 1 atom stereocenters. The summed E-state index contributed by atoms with van der Waals surface area (Å²) in [5.74, 6) is -0.163. The van der Waals surface area contributed by atoms with Gasteiger partial charge < -0.3 is 14.8 Å². The third-order valence-corrected chi connectivity index (χ3v) is 3.26. The minimum atomic E-state index is -0.707. The second-order valence-electron chi connectivity index (χ2n) is 4.53. The molecule has 0 radical (unpaired) electrons. The summed E-state index contributed by atoms with van der Waals surface area (Å²) in [5, 5.41) is 3.53. The normalized spacial score (nSPS) is 11.6. The van der Waals surface area contributed by atoms with Gasteiger partial charge in [-0.2, -0.15) is 0 Å². The number of esters is 1. The van der Waals surface area contributed by atoms with Crippen molar-refractivity contribution < 1.29 is 19.1 Å². The highest BCUT2D eigenvalue weighted by Gasteiger charge is 2.16. The van der Waals surface area contributed by atoms with E-state index in [2.05, 4.69) is 5.32 Å². The number of benzene rings is 1. The first kappa shape index (κ1) is 18.6. The first-order valence-electron chi connectivity index (χ1n) is 6.99. The SMILES string of the molecule is CCOC(=O)CCCNC(=O)C(C)Oc1ccc(Cl)cc1Cl. The fourth-order valence-electron chi connectivity index (χ4n) is 1.64. The number of carbonyl (C=O) groups is 2. The molecule has 1 unspecified atom stereocenters. The highest BCUT2D eigenvalue weighted by Crippen LogP contribution is 2.28. The van der Waals surface area contributed by atoms with E-state index in [0.29, 0.717) is 35.4 Å². The molecule has 122 valence electrons. The van der Waals surface area contributed by atoms with Crippen LogP contribution in [0.4, 0.5) is 0 Å². The van der Waals surface area contributed by atoms with Gasteiger partial charge in [0.05, 0.1) is 11.6 Å². The molecular formula is C15H19Cl2NO4. The molecule has 7 heteroatoms. The smallest absolute Gasteiger partial charge is 0.305 e. The van der Waals surface area contributed by atoms with Crippen molar-refractivity contribution in [3.8, 4) is 5.75 Å². The molecule has 0 saturated heterocycles. The molecule has 1 amide bonds. The van der Waals surface area contributed by atoms with Crippen molar-refractivity contribution in [2.75, 3.05) is 13.2 Å². The summed E-state index contributed by atoms with van der Waals surface area (Å²) in [4.78, 5) is 23.0. The van der Waals surface area contributed by atoms with Crippen LogP contribution in [0.3, 0.4) is 0 Å². The Morgan fingerprint density at radius 1 is 1.32 bits per heavy atom. The molecule has 0 heterocycles. The molecule has 1 aromatic rings. The van der Waals surface area contributed by atoms with Crippen molar-refractivity contribution in [2.24, 2.45) is 0 Å². The zero-order valence-corrected chi connectivity index (χ0v) is 14.0. The minimum Gasteiger partial charge on any atom is -0.479 e. The van der Waals surface area contributed by atoms with Gasteiger partial charge in [0.1, 0.15) is 5.75 Å². The van der Waals surface area contributed by atoms with Crippen molar-refractivity contribution in [3.05, 3.63) is 28.2 Å². The summed E-state index contributed by atoms with van der Waals surface area (Å²) >= 11 is 11.8. The van der Waals surface area contributed by atoms with Crippen molar-refractivity contribution in [2.45, 2.75) is 32.8 Å². The fourth-order valence-corrected chi connectivity index (χ4v) is 2.09.